The number of rotatable bonds is 5. The molecule has 0 bridgehead atoms. The van der Waals surface area contributed by atoms with Crippen LogP contribution in [0.4, 0.5) is 11.4 Å². The maximum absolute atomic E-state index is 12.3. The van der Waals surface area contributed by atoms with Gasteiger partial charge in [0.25, 0.3) is 0 Å². The smallest absolute Gasteiger partial charge is 0.245 e. The maximum atomic E-state index is 12.3. The van der Waals surface area contributed by atoms with Gasteiger partial charge in [-0.1, -0.05) is 29.8 Å². The zero-order chi connectivity index (χ0) is 17.9. The van der Waals surface area contributed by atoms with Crippen molar-refractivity contribution in [1.29, 1.82) is 0 Å². The van der Waals surface area contributed by atoms with E-state index in [1.165, 1.54) is 0 Å². The van der Waals surface area contributed by atoms with E-state index in [0.717, 1.165) is 21.7 Å². The van der Waals surface area contributed by atoms with Gasteiger partial charge in [-0.15, -0.1) is 0 Å². The average Bonchev–Trinajstić information content (AvgIpc) is 2.48. The second-order valence-corrected chi connectivity index (χ2v) is 7.88. The molecule has 5 nitrogen and oxygen atoms in total. The van der Waals surface area contributed by atoms with Gasteiger partial charge in [-0.3, -0.25) is 9.10 Å². The van der Waals surface area contributed by atoms with Gasteiger partial charge in [-0.2, -0.15) is 0 Å². The number of halogens is 1. The standard InChI is InChI=1S/C17H19ClN2O3S/c1-12-8-9-14(10-13(12)2)19-17(21)11-20(24(3,22)23)16-7-5-4-6-15(16)18/h4-10H,11H2,1-3H3,(H,19,21). The molecule has 0 aliphatic heterocycles. The fraction of sp³-hybridized carbons (Fsp3) is 0.235. The number of nitrogens with one attached hydrogen (secondary N) is 1. The lowest BCUT2D eigenvalue weighted by molar-refractivity contribution is -0.114. The Labute approximate surface area is 147 Å². The topological polar surface area (TPSA) is 66.5 Å². The molecular weight excluding hydrogens is 348 g/mol. The van der Waals surface area contributed by atoms with Gasteiger partial charge in [0.1, 0.15) is 6.54 Å². The number of carbonyl (C=O) groups excluding carboxylic acids is 1. The van der Waals surface area contributed by atoms with Gasteiger partial charge in [-0.05, 0) is 49.2 Å². The molecule has 128 valence electrons. The quantitative estimate of drug-likeness (QED) is 0.882. The van der Waals surface area contributed by atoms with Gasteiger partial charge in [-0.25, -0.2) is 8.42 Å². The monoisotopic (exact) mass is 366 g/mol. The van der Waals surface area contributed by atoms with Gasteiger partial charge in [0.05, 0.1) is 17.0 Å². The highest BCUT2D eigenvalue weighted by molar-refractivity contribution is 7.92. The number of anilines is 2. The van der Waals surface area contributed by atoms with Crippen molar-refractivity contribution < 1.29 is 13.2 Å². The van der Waals surface area contributed by atoms with E-state index in [2.05, 4.69) is 5.32 Å². The van der Waals surface area contributed by atoms with E-state index in [1.807, 2.05) is 26.0 Å². The summed E-state index contributed by atoms with van der Waals surface area (Å²) < 4.78 is 25.1. The minimum absolute atomic E-state index is 0.266. The molecule has 0 atom stereocenters. The first-order chi connectivity index (χ1) is 11.2. The largest absolute Gasteiger partial charge is 0.325 e. The Hall–Kier alpha value is -2.05. The Morgan fingerprint density at radius 1 is 1.12 bits per heavy atom. The molecule has 0 heterocycles. The number of hydrogen-bond acceptors (Lipinski definition) is 3. The highest BCUT2D eigenvalue weighted by Gasteiger charge is 2.22. The fourth-order valence-corrected chi connectivity index (χ4v) is 3.34. The molecule has 2 rings (SSSR count). The summed E-state index contributed by atoms with van der Waals surface area (Å²) in [6.45, 7) is 3.57. The summed E-state index contributed by atoms with van der Waals surface area (Å²) in [5.41, 5.74) is 3.05. The van der Waals surface area contributed by atoms with Crippen LogP contribution >= 0.6 is 11.6 Å². The van der Waals surface area contributed by atoms with Gasteiger partial charge in [0, 0.05) is 5.69 Å². The number of amides is 1. The summed E-state index contributed by atoms with van der Waals surface area (Å²) in [6, 6.07) is 12.0. The van der Waals surface area contributed by atoms with Crippen LogP contribution in [-0.2, 0) is 14.8 Å². The summed E-state index contributed by atoms with van der Waals surface area (Å²) in [6.07, 6.45) is 1.04. The molecular formula is C17H19ClN2O3S. The van der Waals surface area contributed by atoms with E-state index in [9.17, 15) is 13.2 Å². The van der Waals surface area contributed by atoms with Crippen molar-refractivity contribution in [2.24, 2.45) is 0 Å². The number of para-hydroxylation sites is 1. The number of hydrogen-bond donors (Lipinski definition) is 1. The van der Waals surface area contributed by atoms with Crippen molar-refractivity contribution in [3.8, 4) is 0 Å². The van der Waals surface area contributed by atoms with E-state index in [-0.39, 0.29) is 17.3 Å². The SMILES string of the molecule is Cc1ccc(NC(=O)CN(c2ccccc2Cl)S(C)(=O)=O)cc1C. The van der Waals surface area contributed by atoms with Crippen LogP contribution in [0.25, 0.3) is 0 Å². The first-order valence-electron chi connectivity index (χ1n) is 7.28. The zero-order valence-corrected chi connectivity index (χ0v) is 15.3. The number of benzene rings is 2. The second-order valence-electron chi connectivity index (χ2n) is 5.57. The van der Waals surface area contributed by atoms with Crippen LogP contribution < -0.4 is 9.62 Å². The third-order valence-corrected chi connectivity index (χ3v) is 5.05. The van der Waals surface area contributed by atoms with Gasteiger partial charge < -0.3 is 5.32 Å². The van der Waals surface area contributed by atoms with Crippen LogP contribution in [0.1, 0.15) is 11.1 Å². The Morgan fingerprint density at radius 3 is 2.38 bits per heavy atom. The average molecular weight is 367 g/mol. The van der Waals surface area contributed by atoms with E-state index < -0.39 is 15.9 Å². The van der Waals surface area contributed by atoms with Crippen LogP contribution in [0.15, 0.2) is 42.5 Å². The molecule has 0 radical (unpaired) electrons. The molecule has 2 aromatic carbocycles. The number of sulfonamides is 1. The van der Waals surface area contributed by atoms with Crippen molar-refractivity contribution in [2.45, 2.75) is 13.8 Å². The molecule has 1 amide bonds. The minimum Gasteiger partial charge on any atom is -0.325 e. The summed E-state index contributed by atoms with van der Waals surface area (Å²) >= 11 is 6.07. The lowest BCUT2D eigenvalue weighted by atomic mass is 10.1. The zero-order valence-electron chi connectivity index (χ0n) is 13.7. The Balaban J connectivity index is 2.22. The highest BCUT2D eigenvalue weighted by atomic mass is 35.5. The fourth-order valence-electron chi connectivity index (χ4n) is 2.19. The number of carbonyl (C=O) groups is 1. The molecule has 0 saturated carbocycles. The van der Waals surface area contributed by atoms with E-state index in [1.54, 1.807) is 30.3 Å². The Kier molecular flexibility index (Phi) is 5.51. The van der Waals surface area contributed by atoms with Gasteiger partial charge in [0.2, 0.25) is 15.9 Å². The van der Waals surface area contributed by atoms with Crippen molar-refractivity contribution in [3.05, 3.63) is 58.6 Å². The minimum atomic E-state index is -3.65. The van der Waals surface area contributed by atoms with E-state index >= 15 is 0 Å². The summed E-state index contributed by atoms with van der Waals surface area (Å²) in [5.74, 6) is -0.441. The lowest BCUT2D eigenvalue weighted by Crippen LogP contribution is -2.37. The lowest BCUT2D eigenvalue weighted by Gasteiger charge is -2.22. The predicted octanol–water partition coefficient (Wildman–Crippen LogP) is 3.36. The van der Waals surface area contributed by atoms with Crippen molar-refractivity contribution in [1.82, 2.24) is 0 Å². The summed E-state index contributed by atoms with van der Waals surface area (Å²) in [4.78, 5) is 12.3. The maximum Gasteiger partial charge on any atom is 0.245 e. The molecule has 0 aliphatic rings. The van der Waals surface area contributed by atoms with E-state index in [4.69, 9.17) is 11.6 Å². The van der Waals surface area contributed by atoms with Crippen LogP contribution in [0.2, 0.25) is 5.02 Å². The summed E-state index contributed by atoms with van der Waals surface area (Å²) in [7, 11) is -3.65. The van der Waals surface area contributed by atoms with Crippen molar-refractivity contribution >= 4 is 38.9 Å². The van der Waals surface area contributed by atoms with Crippen LogP contribution in [0, 0.1) is 13.8 Å². The van der Waals surface area contributed by atoms with Crippen molar-refractivity contribution in [3.63, 3.8) is 0 Å². The van der Waals surface area contributed by atoms with Gasteiger partial charge in [0.15, 0.2) is 0 Å². The predicted molar refractivity (Wildman–Crippen MR) is 98.2 cm³/mol. The Morgan fingerprint density at radius 2 is 1.79 bits per heavy atom. The molecule has 0 saturated heterocycles. The molecule has 0 spiro atoms. The van der Waals surface area contributed by atoms with E-state index in [0.29, 0.717) is 5.69 Å². The third kappa shape index (κ3) is 4.49. The number of aryl methyl sites for hydroxylation is 2. The van der Waals surface area contributed by atoms with Crippen LogP contribution in [0.3, 0.4) is 0 Å². The molecule has 0 aliphatic carbocycles. The molecule has 2 aromatic rings. The molecule has 7 heteroatoms. The Bertz CT molecular complexity index is 866. The first kappa shape index (κ1) is 18.3. The van der Waals surface area contributed by atoms with Crippen LogP contribution in [0.5, 0.6) is 0 Å². The third-order valence-electron chi connectivity index (χ3n) is 3.60. The molecule has 0 unspecified atom stereocenters. The van der Waals surface area contributed by atoms with Gasteiger partial charge >= 0.3 is 0 Å². The molecule has 0 fully saturated rings. The summed E-state index contributed by atoms with van der Waals surface area (Å²) in [5, 5.41) is 2.98. The number of nitrogens with zero attached hydrogens (tertiary/aromatic N) is 1. The molecule has 1 N–H and O–H groups in total. The van der Waals surface area contributed by atoms with Crippen molar-refractivity contribution in [2.75, 3.05) is 22.4 Å². The normalized spacial score (nSPS) is 11.2. The first-order valence-corrected chi connectivity index (χ1v) is 9.50. The molecule has 0 aromatic heterocycles. The molecule has 24 heavy (non-hydrogen) atoms. The second kappa shape index (κ2) is 7.23. The van der Waals surface area contributed by atoms with Crippen LogP contribution in [-0.4, -0.2) is 27.1 Å². The highest BCUT2D eigenvalue weighted by Crippen LogP contribution is 2.27.